The number of likely N-dealkylation sites (N-methyl/N-ethyl adjacent to an activating group) is 1. The highest BCUT2D eigenvalue weighted by Crippen LogP contribution is 2.53. The minimum Gasteiger partial charge on any atom is -0.510 e. The highest BCUT2D eigenvalue weighted by Gasteiger charge is 2.63. The lowest BCUT2D eigenvalue weighted by Crippen LogP contribution is -2.63. The lowest BCUT2D eigenvalue weighted by molar-refractivity contribution is -0.148. The molecule has 10 heteroatoms. The summed E-state index contributed by atoms with van der Waals surface area (Å²) in [7, 11) is 3.19. The van der Waals surface area contributed by atoms with Crippen molar-refractivity contribution in [3.63, 3.8) is 0 Å². The van der Waals surface area contributed by atoms with Crippen LogP contribution in [0.1, 0.15) is 53.2 Å². The Morgan fingerprint density at radius 3 is 2.32 bits per heavy atom. The highest BCUT2D eigenvalue weighted by molar-refractivity contribution is 6.25. The second-order valence-corrected chi connectivity index (χ2v) is 11.3. The predicted octanol–water partition coefficient (Wildman–Crippen LogP) is 1.84. The van der Waals surface area contributed by atoms with Crippen molar-refractivity contribution in [2.45, 2.75) is 63.4 Å². The molecular formula is C27H29FN2O7. The molecule has 1 heterocycles. The molecule has 0 saturated heterocycles. The first-order valence-corrected chi connectivity index (χ1v) is 12.5. The summed E-state index contributed by atoms with van der Waals surface area (Å²) in [6.07, 6.45) is 1.95. The van der Waals surface area contributed by atoms with Gasteiger partial charge in [-0.05, 0) is 52.6 Å². The zero-order valence-corrected chi connectivity index (χ0v) is 20.8. The number of carbonyl (C=O) groups is 3. The number of phenolic OH excluding ortho intramolecular Hbond substituents is 1. The van der Waals surface area contributed by atoms with E-state index in [1.54, 1.807) is 14.1 Å². The Labute approximate surface area is 212 Å². The third-order valence-corrected chi connectivity index (χ3v) is 8.93. The van der Waals surface area contributed by atoms with Gasteiger partial charge in [-0.1, -0.05) is 0 Å². The fourth-order valence-electron chi connectivity index (χ4n) is 7.04. The van der Waals surface area contributed by atoms with Gasteiger partial charge in [-0.2, -0.15) is 0 Å². The quantitative estimate of drug-likeness (QED) is 0.447. The number of Topliss-reactive ketones (excluding diaryl/α,β-unsaturated/α-hetero) is 3. The number of phenols is 1. The number of rotatable bonds is 3. The summed E-state index contributed by atoms with van der Waals surface area (Å²) >= 11 is 0. The third kappa shape index (κ3) is 3.03. The first-order valence-electron chi connectivity index (χ1n) is 12.5. The maximum atomic E-state index is 15.8. The van der Waals surface area contributed by atoms with Crippen molar-refractivity contribution in [2.24, 2.45) is 11.8 Å². The molecule has 0 aromatic heterocycles. The minimum atomic E-state index is -2.63. The molecule has 5 aliphatic rings. The lowest BCUT2D eigenvalue weighted by Gasteiger charge is -2.50. The SMILES string of the molecule is CC(=O)C1=C(O)[C@@H](N(C)C)[C@@H]2C[C@@H]3Cc4c(F)c5c(c(O)c4C(=O)C3=C(O)[C@]2(O)C1=O)CN(C1CC1)C5. The van der Waals surface area contributed by atoms with E-state index in [9.17, 15) is 34.8 Å². The number of hydrogen-bond donors (Lipinski definition) is 4. The van der Waals surface area contributed by atoms with E-state index in [1.165, 1.54) is 4.90 Å². The Morgan fingerprint density at radius 1 is 1.08 bits per heavy atom. The number of allylic oxidation sites excluding steroid dienone is 1. The first kappa shape index (κ1) is 24.3. The Bertz CT molecular complexity index is 1380. The number of hydrogen-bond acceptors (Lipinski definition) is 9. The fraction of sp³-hybridized carbons (Fsp3) is 0.519. The molecular weight excluding hydrogens is 483 g/mol. The molecule has 1 aliphatic heterocycles. The van der Waals surface area contributed by atoms with Crippen molar-refractivity contribution >= 4 is 17.3 Å². The summed E-state index contributed by atoms with van der Waals surface area (Å²) in [6.45, 7) is 1.74. The van der Waals surface area contributed by atoms with E-state index in [4.69, 9.17) is 0 Å². The monoisotopic (exact) mass is 512 g/mol. The minimum absolute atomic E-state index is 0.0263. The molecule has 4 N–H and O–H groups in total. The van der Waals surface area contributed by atoms with Gasteiger partial charge in [-0.25, -0.2) is 4.39 Å². The van der Waals surface area contributed by atoms with Crippen LogP contribution in [0.4, 0.5) is 4.39 Å². The van der Waals surface area contributed by atoms with E-state index in [0.717, 1.165) is 19.8 Å². The topological polar surface area (TPSA) is 139 Å². The second-order valence-electron chi connectivity index (χ2n) is 11.3. The van der Waals surface area contributed by atoms with Gasteiger partial charge < -0.3 is 20.4 Å². The standard InChI is InChI=1S/C27H29FN2O7/c1-10(31)17-24(34)21(29(2)3)16-7-11-6-13-19(23(33)18(11)26(36)27(16,37)25(17)35)22(32)15-9-30(12-4-5-12)8-14(15)20(13)28/h11-12,16,21,32,34,36-37H,4-9H2,1-3H3/t11-,16-,21-,27+/m0/s1. The number of carbonyl (C=O) groups excluding carboxylic acids is 3. The molecule has 1 saturated carbocycles. The molecule has 0 radical (unpaired) electrons. The maximum Gasteiger partial charge on any atom is 0.209 e. The van der Waals surface area contributed by atoms with Crippen LogP contribution in [0.3, 0.4) is 0 Å². The molecule has 9 nitrogen and oxygen atoms in total. The summed E-state index contributed by atoms with van der Waals surface area (Å²) in [5, 5.41) is 45.0. The van der Waals surface area contributed by atoms with E-state index in [2.05, 4.69) is 4.90 Å². The van der Waals surface area contributed by atoms with Gasteiger partial charge in [-0.3, -0.25) is 24.2 Å². The molecule has 0 amide bonds. The fourth-order valence-corrected chi connectivity index (χ4v) is 7.04. The summed E-state index contributed by atoms with van der Waals surface area (Å²) in [6, 6.07) is -0.678. The predicted molar refractivity (Wildman–Crippen MR) is 127 cm³/mol. The van der Waals surface area contributed by atoms with Crippen LogP contribution in [0.25, 0.3) is 0 Å². The molecule has 1 aromatic rings. The van der Waals surface area contributed by atoms with Gasteiger partial charge in [0, 0.05) is 47.3 Å². The van der Waals surface area contributed by atoms with Crippen LogP contribution in [0.5, 0.6) is 5.75 Å². The van der Waals surface area contributed by atoms with E-state index in [-0.39, 0.29) is 35.3 Å². The van der Waals surface area contributed by atoms with Gasteiger partial charge in [0.2, 0.25) is 5.78 Å². The number of aromatic hydroxyl groups is 1. The van der Waals surface area contributed by atoms with E-state index >= 15 is 4.39 Å². The highest BCUT2D eigenvalue weighted by atomic mass is 19.1. The van der Waals surface area contributed by atoms with Crippen LogP contribution in [0.2, 0.25) is 0 Å². The summed E-state index contributed by atoms with van der Waals surface area (Å²) in [5.74, 6) is -6.91. The van der Waals surface area contributed by atoms with E-state index < -0.39 is 63.7 Å². The smallest absolute Gasteiger partial charge is 0.209 e. The van der Waals surface area contributed by atoms with Crippen molar-refractivity contribution in [1.82, 2.24) is 9.80 Å². The Kier molecular flexibility index (Phi) is 5.06. The van der Waals surface area contributed by atoms with Gasteiger partial charge in [0.05, 0.1) is 11.6 Å². The normalized spacial score (nSPS) is 31.5. The number of aliphatic hydroxyl groups is 3. The molecule has 4 atom stereocenters. The van der Waals surface area contributed by atoms with E-state index in [1.807, 2.05) is 0 Å². The van der Waals surface area contributed by atoms with Crippen molar-refractivity contribution < 1.29 is 39.2 Å². The van der Waals surface area contributed by atoms with Gasteiger partial charge in [-0.15, -0.1) is 0 Å². The zero-order valence-electron chi connectivity index (χ0n) is 20.8. The number of fused-ring (bicyclic) bond motifs is 4. The molecule has 1 aromatic carbocycles. The molecule has 6 rings (SSSR count). The van der Waals surface area contributed by atoms with Crippen LogP contribution in [0, 0.1) is 17.7 Å². The summed E-state index contributed by atoms with van der Waals surface area (Å²) in [5.41, 5.74) is -2.95. The van der Waals surface area contributed by atoms with Crippen molar-refractivity contribution in [3.8, 4) is 5.75 Å². The summed E-state index contributed by atoms with van der Waals surface area (Å²) in [4.78, 5) is 43.0. The van der Waals surface area contributed by atoms with Gasteiger partial charge in [0.15, 0.2) is 17.2 Å². The van der Waals surface area contributed by atoms with Crippen LogP contribution < -0.4 is 0 Å². The molecule has 0 unspecified atom stereocenters. The molecule has 0 spiro atoms. The number of aliphatic hydroxyl groups excluding tert-OH is 2. The number of halogens is 1. The molecule has 1 fully saturated rings. The summed E-state index contributed by atoms with van der Waals surface area (Å²) < 4.78 is 15.8. The average molecular weight is 513 g/mol. The number of ketones is 3. The van der Waals surface area contributed by atoms with Crippen LogP contribution >= 0.6 is 0 Å². The van der Waals surface area contributed by atoms with Crippen LogP contribution in [0.15, 0.2) is 22.7 Å². The average Bonchev–Trinajstić information content (AvgIpc) is 3.57. The van der Waals surface area contributed by atoms with Crippen molar-refractivity contribution in [2.75, 3.05) is 14.1 Å². The molecule has 37 heavy (non-hydrogen) atoms. The largest absolute Gasteiger partial charge is 0.510 e. The number of benzene rings is 1. The molecule has 4 aliphatic carbocycles. The Balaban J connectivity index is 1.52. The van der Waals surface area contributed by atoms with Gasteiger partial charge >= 0.3 is 0 Å². The van der Waals surface area contributed by atoms with Gasteiger partial charge in [0.1, 0.15) is 28.7 Å². The first-order chi connectivity index (χ1) is 17.4. The molecule has 0 bridgehead atoms. The van der Waals surface area contributed by atoms with Crippen LogP contribution in [-0.2, 0) is 29.1 Å². The van der Waals surface area contributed by atoms with Crippen LogP contribution in [-0.4, -0.2) is 79.4 Å². The zero-order chi connectivity index (χ0) is 26.7. The van der Waals surface area contributed by atoms with Gasteiger partial charge in [0.25, 0.3) is 0 Å². The van der Waals surface area contributed by atoms with Crippen molar-refractivity contribution in [3.05, 3.63) is 50.7 Å². The third-order valence-electron chi connectivity index (χ3n) is 8.93. The second kappa shape index (κ2) is 7.72. The Hall–Kier alpha value is -3.08. The maximum absolute atomic E-state index is 15.8. The Morgan fingerprint density at radius 2 is 1.73 bits per heavy atom. The number of nitrogens with zero attached hydrogens (tertiary/aromatic N) is 2. The van der Waals surface area contributed by atoms with Crippen molar-refractivity contribution in [1.29, 1.82) is 0 Å². The lowest BCUT2D eigenvalue weighted by atomic mass is 9.58. The van der Waals surface area contributed by atoms with E-state index in [0.29, 0.717) is 30.3 Å². The molecule has 196 valence electrons.